The van der Waals surface area contributed by atoms with Gasteiger partial charge in [0.15, 0.2) is 5.78 Å². The Hall–Kier alpha value is -3.20. The van der Waals surface area contributed by atoms with E-state index in [1.165, 1.54) is 0 Å². The Kier molecular flexibility index (Phi) is 5.57. The van der Waals surface area contributed by atoms with Crippen LogP contribution in [0, 0.1) is 0 Å². The smallest absolute Gasteiger partial charge is 0.168 e. The minimum Gasteiger partial charge on any atom is -0.511 e. The van der Waals surface area contributed by atoms with Gasteiger partial charge >= 0.3 is 0 Å². The Bertz CT molecular complexity index is 1100. The van der Waals surface area contributed by atoms with Gasteiger partial charge in [-0.05, 0) is 47.2 Å². The van der Waals surface area contributed by atoms with Crippen LogP contribution < -0.4 is 0 Å². The number of aliphatic hydroxyl groups is 1. The van der Waals surface area contributed by atoms with Crippen molar-refractivity contribution in [2.75, 3.05) is 0 Å². The Labute approximate surface area is 171 Å². The van der Waals surface area contributed by atoms with E-state index in [0.29, 0.717) is 30.5 Å². The Morgan fingerprint density at radius 3 is 2.45 bits per heavy atom. The Morgan fingerprint density at radius 2 is 1.69 bits per heavy atom. The molecule has 146 valence electrons. The highest BCUT2D eigenvalue weighted by molar-refractivity contribution is 6.25. The standard InChI is InChI=1S/C26H25NO2/c1-2-8-24(28)26-23(16-21(17-25(26)29)18-9-4-3-5-10-18)27-22-14-13-19-11-6-7-12-20(19)15-22/h3-7,9-15,21,28H,2,8,16-17H2,1H3/t21-/m0/s1. The van der Waals surface area contributed by atoms with Crippen LogP contribution in [0.4, 0.5) is 5.69 Å². The molecule has 1 saturated carbocycles. The number of fused-ring (bicyclic) bond motifs is 1. The summed E-state index contributed by atoms with van der Waals surface area (Å²) in [5.41, 5.74) is 3.06. The van der Waals surface area contributed by atoms with Crippen molar-refractivity contribution in [2.45, 2.75) is 38.5 Å². The lowest BCUT2D eigenvalue weighted by atomic mass is 9.78. The van der Waals surface area contributed by atoms with Crippen LogP contribution in [0.25, 0.3) is 10.8 Å². The van der Waals surface area contributed by atoms with Crippen LogP contribution in [0.5, 0.6) is 0 Å². The maximum absolute atomic E-state index is 13.0. The number of nitrogens with zero attached hydrogens (tertiary/aromatic N) is 1. The molecule has 0 saturated heterocycles. The third-order valence-corrected chi connectivity index (χ3v) is 5.48. The fourth-order valence-corrected chi connectivity index (χ4v) is 4.05. The summed E-state index contributed by atoms with van der Waals surface area (Å²) in [6, 6.07) is 24.3. The van der Waals surface area contributed by atoms with Crippen molar-refractivity contribution in [1.29, 1.82) is 0 Å². The number of aliphatic hydroxyl groups excluding tert-OH is 1. The van der Waals surface area contributed by atoms with Crippen molar-refractivity contribution in [3.8, 4) is 0 Å². The first kappa shape index (κ1) is 19.1. The van der Waals surface area contributed by atoms with Crippen molar-refractivity contribution in [3.63, 3.8) is 0 Å². The third kappa shape index (κ3) is 4.14. The van der Waals surface area contributed by atoms with Gasteiger partial charge < -0.3 is 5.11 Å². The molecule has 1 aliphatic rings. The molecule has 4 rings (SSSR count). The molecule has 0 heterocycles. The second-order valence-corrected chi connectivity index (χ2v) is 7.60. The van der Waals surface area contributed by atoms with E-state index in [1.54, 1.807) is 0 Å². The average molecular weight is 383 g/mol. The molecule has 1 fully saturated rings. The SMILES string of the molecule is CCCC(O)=C1C(=O)C[C@@H](c2ccccc2)CC1=Nc1ccc2ccccc2c1. The zero-order valence-corrected chi connectivity index (χ0v) is 16.6. The third-order valence-electron chi connectivity index (χ3n) is 5.48. The molecule has 0 radical (unpaired) electrons. The van der Waals surface area contributed by atoms with Crippen LogP contribution in [0.15, 0.2) is 89.1 Å². The molecular formula is C26H25NO2. The van der Waals surface area contributed by atoms with Gasteiger partial charge in [-0.1, -0.05) is 67.6 Å². The average Bonchev–Trinajstić information content (AvgIpc) is 2.74. The Balaban J connectivity index is 1.78. The molecule has 0 spiro atoms. The molecule has 1 aliphatic carbocycles. The number of carbonyl (C=O) groups excluding carboxylic acids is 1. The predicted molar refractivity (Wildman–Crippen MR) is 119 cm³/mol. The summed E-state index contributed by atoms with van der Waals surface area (Å²) in [6.07, 6.45) is 2.33. The van der Waals surface area contributed by atoms with E-state index in [9.17, 15) is 9.90 Å². The fourth-order valence-electron chi connectivity index (χ4n) is 4.05. The van der Waals surface area contributed by atoms with E-state index < -0.39 is 0 Å². The lowest BCUT2D eigenvalue weighted by Crippen LogP contribution is -2.26. The first-order chi connectivity index (χ1) is 14.2. The summed E-state index contributed by atoms with van der Waals surface area (Å²) in [5.74, 6) is 0.236. The molecule has 0 unspecified atom stereocenters. The first-order valence-corrected chi connectivity index (χ1v) is 10.2. The van der Waals surface area contributed by atoms with Gasteiger partial charge in [-0.2, -0.15) is 0 Å². The van der Waals surface area contributed by atoms with E-state index in [-0.39, 0.29) is 17.5 Å². The monoisotopic (exact) mass is 383 g/mol. The van der Waals surface area contributed by atoms with Crippen molar-refractivity contribution >= 4 is 28.0 Å². The molecule has 0 amide bonds. The second-order valence-electron chi connectivity index (χ2n) is 7.60. The van der Waals surface area contributed by atoms with Crippen molar-refractivity contribution in [1.82, 2.24) is 0 Å². The molecule has 1 atom stereocenters. The topological polar surface area (TPSA) is 49.7 Å². The van der Waals surface area contributed by atoms with E-state index in [4.69, 9.17) is 4.99 Å². The van der Waals surface area contributed by atoms with Gasteiger partial charge in [0, 0.05) is 12.8 Å². The summed E-state index contributed by atoms with van der Waals surface area (Å²) in [4.78, 5) is 17.9. The molecule has 0 bridgehead atoms. The number of allylic oxidation sites excluding steroid dienone is 2. The van der Waals surface area contributed by atoms with E-state index in [1.807, 2.05) is 55.5 Å². The minimum atomic E-state index is -0.0180. The zero-order valence-electron chi connectivity index (χ0n) is 16.6. The van der Waals surface area contributed by atoms with Crippen LogP contribution in [0.2, 0.25) is 0 Å². The highest BCUT2D eigenvalue weighted by Crippen LogP contribution is 2.35. The van der Waals surface area contributed by atoms with Crippen LogP contribution in [-0.4, -0.2) is 16.6 Å². The first-order valence-electron chi connectivity index (χ1n) is 10.2. The van der Waals surface area contributed by atoms with Gasteiger partial charge in [0.05, 0.1) is 17.0 Å². The number of rotatable bonds is 4. The Morgan fingerprint density at radius 1 is 0.966 bits per heavy atom. The zero-order chi connectivity index (χ0) is 20.2. The van der Waals surface area contributed by atoms with E-state index in [0.717, 1.165) is 28.4 Å². The second kappa shape index (κ2) is 8.44. The molecule has 0 aliphatic heterocycles. The molecule has 3 aromatic rings. The van der Waals surface area contributed by atoms with Gasteiger partial charge in [0.2, 0.25) is 0 Å². The normalized spacial score (nSPS) is 20.2. The van der Waals surface area contributed by atoms with Crippen molar-refractivity contribution < 1.29 is 9.90 Å². The molecular weight excluding hydrogens is 358 g/mol. The van der Waals surface area contributed by atoms with Gasteiger partial charge in [0.25, 0.3) is 0 Å². The number of hydrogen-bond acceptors (Lipinski definition) is 3. The molecule has 1 N–H and O–H groups in total. The highest BCUT2D eigenvalue weighted by Gasteiger charge is 2.32. The maximum atomic E-state index is 13.0. The van der Waals surface area contributed by atoms with E-state index in [2.05, 4.69) is 24.3 Å². The molecule has 3 nitrogen and oxygen atoms in total. The van der Waals surface area contributed by atoms with Crippen LogP contribution in [-0.2, 0) is 4.79 Å². The number of ketones is 1. The summed E-state index contributed by atoms with van der Waals surface area (Å²) in [6.45, 7) is 2.00. The fraction of sp³-hybridized carbons (Fsp3) is 0.231. The minimum absolute atomic E-state index is 0.0180. The van der Waals surface area contributed by atoms with Gasteiger partial charge in [-0.3, -0.25) is 9.79 Å². The van der Waals surface area contributed by atoms with Gasteiger partial charge in [0.1, 0.15) is 5.76 Å². The molecule has 3 aromatic carbocycles. The van der Waals surface area contributed by atoms with Crippen LogP contribution >= 0.6 is 0 Å². The van der Waals surface area contributed by atoms with E-state index >= 15 is 0 Å². The highest BCUT2D eigenvalue weighted by atomic mass is 16.3. The van der Waals surface area contributed by atoms with Gasteiger partial charge in [-0.25, -0.2) is 0 Å². The number of Topliss-reactive ketones (excluding diaryl/α,β-unsaturated/α-hetero) is 1. The largest absolute Gasteiger partial charge is 0.511 e. The lowest BCUT2D eigenvalue weighted by molar-refractivity contribution is -0.115. The van der Waals surface area contributed by atoms with Crippen molar-refractivity contribution in [3.05, 3.63) is 89.7 Å². The maximum Gasteiger partial charge on any atom is 0.168 e. The summed E-state index contributed by atoms with van der Waals surface area (Å²) in [7, 11) is 0. The molecule has 3 heteroatoms. The quantitative estimate of drug-likeness (QED) is 0.404. The van der Waals surface area contributed by atoms with Crippen LogP contribution in [0.1, 0.15) is 44.1 Å². The van der Waals surface area contributed by atoms with Crippen molar-refractivity contribution in [2.24, 2.45) is 4.99 Å². The lowest BCUT2D eigenvalue weighted by Gasteiger charge is -2.26. The number of benzene rings is 3. The predicted octanol–water partition coefficient (Wildman–Crippen LogP) is 6.67. The molecule has 0 aromatic heterocycles. The van der Waals surface area contributed by atoms with Gasteiger partial charge in [-0.15, -0.1) is 0 Å². The summed E-state index contributed by atoms with van der Waals surface area (Å²) >= 11 is 0. The summed E-state index contributed by atoms with van der Waals surface area (Å²) in [5, 5.41) is 12.9. The molecule has 29 heavy (non-hydrogen) atoms. The van der Waals surface area contributed by atoms with Crippen LogP contribution in [0.3, 0.4) is 0 Å². The number of hydrogen-bond donors (Lipinski definition) is 1. The summed E-state index contributed by atoms with van der Waals surface area (Å²) < 4.78 is 0. The number of carbonyl (C=O) groups is 1. The number of aliphatic imine (C=N–C) groups is 1.